The van der Waals surface area contributed by atoms with Crippen molar-refractivity contribution in [3.8, 4) is 0 Å². The van der Waals surface area contributed by atoms with E-state index in [1.54, 1.807) is 0 Å². The Bertz CT molecular complexity index is 717. The number of aliphatic hydroxyl groups excluding tert-OH is 1. The summed E-state index contributed by atoms with van der Waals surface area (Å²) < 4.78 is 7.01. The van der Waals surface area contributed by atoms with Gasteiger partial charge >= 0.3 is 23.6 Å². The lowest BCUT2D eigenvalue weighted by Gasteiger charge is -2.41. The maximum absolute atomic E-state index is 12.5. The fourth-order valence-electron chi connectivity index (χ4n) is 4.51. The molecule has 1 saturated heterocycles. The number of ether oxygens (including phenoxy) is 1. The summed E-state index contributed by atoms with van der Waals surface area (Å²) in [5.41, 5.74) is 9.74. The van der Waals surface area contributed by atoms with Crippen LogP contribution in [0.5, 0.6) is 0 Å². The van der Waals surface area contributed by atoms with Gasteiger partial charge in [-0.25, -0.2) is 9.89 Å². The summed E-state index contributed by atoms with van der Waals surface area (Å²) in [7, 11) is 0. The molecule has 10 N–H and O–H groups in total. The molecule has 0 unspecified atom stereocenters. The number of esters is 1. The number of carbonyl (C=O) groups excluding carboxylic acids is 1. The molecule has 1 aliphatic carbocycles. The molecule has 4 atom stereocenters. The lowest BCUT2D eigenvalue weighted by Crippen LogP contribution is -2.91. The Labute approximate surface area is 149 Å². The number of hydrogen-bond donors (Lipinski definition) is 8. The van der Waals surface area contributed by atoms with Crippen molar-refractivity contribution in [2.24, 2.45) is 16.9 Å². The molecule has 4 rings (SSSR count). The minimum atomic E-state index is -2.50. The number of rotatable bonds is 3. The topological polar surface area (TPSA) is 180 Å². The van der Waals surface area contributed by atoms with Gasteiger partial charge in [0.05, 0.1) is 12.0 Å². The average molecular weight is 370 g/mol. The molecule has 2 fully saturated rings. The van der Waals surface area contributed by atoms with Crippen LogP contribution in [0.2, 0.25) is 0 Å². The van der Waals surface area contributed by atoms with E-state index in [1.807, 2.05) is 6.92 Å². The molecule has 0 amide bonds. The van der Waals surface area contributed by atoms with Crippen molar-refractivity contribution in [3.63, 3.8) is 0 Å². The molecule has 0 bridgehead atoms. The summed E-state index contributed by atoms with van der Waals surface area (Å²) in [5, 5.41) is 37.5. The van der Waals surface area contributed by atoms with E-state index in [0.717, 1.165) is 6.42 Å². The Balaban J connectivity index is 1.71. The molecule has 1 spiro atoms. The highest BCUT2D eigenvalue weighted by Gasteiger charge is 2.79. The van der Waals surface area contributed by atoms with Crippen LogP contribution in [-0.4, -0.2) is 80.6 Å². The van der Waals surface area contributed by atoms with E-state index in [1.165, 1.54) is 4.58 Å². The second-order valence-electron chi connectivity index (χ2n) is 7.89. The molecule has 0 aromatic rings. The molecular formula is C15H26N6O5+2. The highest BCUT2D eigenvalue weighted by Crippen LogP contribution is 2.44. The molecule has 3 aliphatic heterocycles. The second-order valence-corrected chi connectivity index (χ2v) is 7.89. The number of carbonyl (C=O) groups is 1. The largest absolute Gasteiger partial charge is 0.452 e. The Morgan fingerprint density at radius 3 is 2.69 bits per heavy atom. The van der Waals surface area contributed by atoms with Gasteiger partial charge in [-0.15, -0.1) is 0 Å². The van der Waals surface area contributed by atoms with Crippen LogP contribution in [0.4, 0.5) is 0 Å². The minimum Gasteiger partial charge on any atom is -0.452 e. The Morgan fingerprint density at radius 1 is 1.42 bits per heavy atom. The number of nitrogens with zero attached hydrogens (tertiary/aromatic N) is 1. The fraction of sp³-hybridized carbons (Fsp3) is 0.800. The molecular weight excluding hydrogens is 344 g/mol. The number of aliphatic hydroxyl groups is 3. The van der Waals surface area contributed by atoms with Gasteiger partial charge in [0.2, 0.25) is 0 Å². The first-order valence-electron chi connectivity index (χ1n) is 8.76. The van der Waals surface area contributed by atoms with E-state index in [-0.39, 0.29) is 25.1 Å². The summed E-state index contributed by atoms with van der Waals surface area (Å²) in [6.07, 6.45) is 1.12. The average Bonchev–Trinajstić information content (AvgIpc) is 3.01. The lowest BCUT2D eigenvalue weighted by atomic mass is 9.70. The van der Waals surface area contributed by atoms with Crippen LogP contribution in [0.25, 0.3) is 0 Å². The zero-order chi connectivity index (χ0) is 18.9. The van der Waals surface area contributed by atoms with Crippen molar-refractivity contribution < 1.29 is 34.4 Å². The van der Waals surface area contributed by atoms with Crippen LogP contribution in [0.15, 0.2) is 0 Å². The van der Waals surface area contributed by atoms with E-state index in [2.05, 4.69) is 15.6 Å². The van der Waals surface area contributed by atoms with Crippen molar-refractivity contribution in [1.82, 2.24) is 10.6 Å². The highest BCUT2D eigenvalue weighted by atomic mass is 16.6. The predicted octanol–water partition coefficient (Wildman–Crippen LogP) is -5.86. The highest BCUT2D eigenvalue weighted by molar-refractivity contribution is 5.79. The number of hydrogen-bond acceptors (Lipinski definition) is 9. The molecule has 26 heavy (non-hydrogen) atoms. The maximum Gasteiger partial charge on any atom is 0.347 e. The molecule has 4 aliphatic rings. The summed E-state index contributed by atoms with van der Waals surface area (Å²) >= 11 is 0. The summed E-state index contributed by atoms with van der Waals surface area (Å²) in [5.74, 6) is -2.71. The van der Waals surface area contributed by atoms with Crippen LogP contribution in [0.3, 0.4) is 0 Å². The SMILES string of the molecule is CC1(C(=O)O[C@H]2C[N+]3=C(N)N[C@@H](CO)[C@@H]4[NH+]=C(N)N[C@@]43C2(O)O)CCC1. The van der Waals surface area contributed by atoms with E-state index in [4.69, 9.17) is 16.2 Å². The van der Waals surface area contributed by atoms with Crippen molar-refractivity contribution in [1.29, 1.82) is 0 Å². The third-order valence-corrected chi connectivity index (χ3v) is 6.29. The van der Waals surface area contributed by atoms with Gasteiger partial charge in [-0.3, -0.25) is 26.6 Å². The Kier molecular flexibility index (Phi) is 3.47. The van der Waals surface area contributed by atoms with Crippen LogP contribution >= 0.6 is 0 Å². The molecule has 1 saturated carbocycles. The van der Waals surface area contributed by atoms with E-state index in [9.17, 15) is 20.1 Å². The number of nitrogens with one attached hydrogen (secondary N) is 3. The van der Waals surface area contributed by atoms with Crippen LogP contribution in [0.1, 0.15) is 26.2 Å². The normalized spacial score (nSPS) is 39.1. The Hall–Kier alpha value is -2.11. The van der Waals surface area contributed by atoms with Crippen molar-refractivity contribution in [3.05, 3.63) is 0 Å². The third kappa shape index (κ3) is 1.96. The number of nitrogens with two attached hydrogens (primary N) is 2. The smallest absolute Gasteiger partial charge is 0.347 e. The van der Waals surface area contributed by atoms with Gasteiger partial charge in [0.25, 0.3) is 5.79 Å². The predicted molar refractivity (Wildman–Crippen MR) is 87.1 cm³/mol. The molecule has 11 nitrogen and oxygen atoms in total. The van der Waals surface area contributed by atoms with E-state index >= 15 is 0 Å². The molecule has 11 heteroatoms. The van der Waals surface area contributed by atoms with E-state index < -0.39 is 41.0 Å². The van der Waals surface area contributed by atoms with Gasteiger partial charge in [-0.05, 0) is 19.8 Å². The first-order valence-corrected chi connectivity index (χ1v) is 8.76. The molecule has 0 aromatic heterocycles. The summed E-state index contributed by atoms with van der Waals surface area (Å²) in [6.45, 7) is 1.45. The number of guanidine groups is 2. The van der Waals surface area contributed by atoms with Gasteiger partial charge in [0, 0.05) is 0 Å². The minimum absolute atomic E-state index is 0.0374. The first-order chi connectivity index (χ1) is 12.2. The van der Waals surface area contributed by atoms with Crippen molar-refractivity contribution in [2.45, 2.75) is 55.8 Å². The standard InChI is InChI=1S/C15H24N6O5/c1-13(3-2-4-13)10(23)26-8-5-21-12(17)18-7(6-22)9-14(21,15(8,24)25)20-11(16)19-9/h7-9,22,24-25H,2-6H2,1H3,(H5,16,17,18,19,20)/p+2/t7-,8-,9-,14-/m0/s1. The van der Waals surface area contributed by atoms with E-state index in [0.29, 0.717) is 12.8 Å². The molecule has 0 aromatic carbocycles. The summed E-state index contributed by atoms with van der Waals surface area (Å²) in [4.78, 5) is 15.4. The Morgan fingerprint density at radius 2 is 2.12 bits per heavy atom. The van der Waals surface area contributed by atoms with Gasteiger partial charge in [-0.2, -0.15) is 0 Å². The molecule has 0 radical (unpaired) electrons. The van der Waals surface area contributed by atoms with Gasteiger partial charge < -0.3 is 20.1 Å². The molecule has 144 valence electrons. The summed E-state index contributed by atoms with van der Waals surface area (Å²) in [6, 6.07) is -1.35. The third-order valence-electron chi connectivity index (χ3n) is 6.29. The van der Waals surface area contributed by atoms with Crippen molar-refractivity contribution in [2.75, 3.05) is 13.2 Å². The van der Waals surface area contributed by atoms with Gasteiger partial charge in [0.15, 0.2) is 12.1 Å². The van der Waals surface area contributed by atoms with Gasteiger partial charge in [0.1, 0.15) is 12.6 Å². The second kappa shape index (κ2) is 5.21. The quantitative estimate of drug-likeness (QED) is 0.136. The van der Waals surface area contributed by atoms with Crippen LogP contribution < -0.4 is 27.1 Å². The fourth-order valence-corrected chi connectivity index (χ4v) is 4.51. The van der Waals surface area contributed by atoms with Gasteiger partial charge in [-0.1, -0.05) is 6.42 Å². The van der Waals surface area contributed by atoms with Crippen LogP contribution in [-0.2, 0) is 9.53 Å². The lowest BCUT2D eigenvalue weighted by molar-refractivity contribution is -0.674. The zero-order valence-electron chi connectivity index (χ0n) is 14.5. The van der Waals surface area contributed by atoms with Crippen molar-refractivity contribution >= 4 is 17.9 Å². The molecule has 3 heterocycles. The first kappa shape index (κ1) is 17.3. The monoisotopic (exact) mass is 370 g/mol. The zero-order valence-corrected chi connectivity index (χ0v) is 14.5. The van der Waals surface area contributed by atoms with Crippen LogP contribution in [0, 0.1) is 5.41 Å². The maximum atomic E-state index is 12.5.